The maximum absolute atomic E-state index is 11.4. The van der Waals surface area contributed by atoms with Gasteiger partial charge in [-0.05, 0) is 15.4 Å². The Kier molecular flexibility index (Phi) is 9.21. The number of nitrogens with two attached hydrogens (primary N) is 1. The van der Waals surface area contributed by atoms with E-state index in [0.717, 1.165) is 10.4 Å². The summed E-state index contributed by atoms with van der Waals surface area (Å²) in [5.74, 6) is 0. The molecule has 9 heteroatoms. The van der Waals surface area contributed by atoms with E-state index in [4.69, 9.17) is 10.2 Å². The average molecular weight is 526 g/mol. The molecular formula is C27H35N3O4SSi. The van der Waals surface area contributed by atoms with Gasteiger partial charge < -0.3 is 25.3 Å². The lowest BCUT2D eigenvalue weighted by Gasteiger charge is -2.43. The van der Waals surface area contributed by atoms with E-state index >= 15 is 0 Å². The molecule has 0 radical (unpaired) electrons. The van der Waals surface area contributed by atoms with E-state index in [-0.39, 0.29) is 24.7 Å². The fraction of sp³-hybridized carbons (Fsp3) is 0.333. The highest BCUT2D eigenvalue weighted by Crippen LogP contribution is 2.37. The van der Waals surface area contributed by atoms with Crippen molar-refractivity contribution in [2.75, 3.05) is 19.7 Å². The molecule has 2 aromatic carbocycles. The molecule has 2 unspecified atom stereocenters. The van der Waals surface area contributed by atoms with Crippen LogP contribution in [0.25, 0.3) is 0 Å². The number of nitrogens with zero attached hydrogens (tertiary/aromatic N) is 2. The summed E-state index contributed by atoms with van der Waals surface area (Å²) in [5.41, 5.74) is 6.70. The fourth-order valence-electron chi connectivity index (χ4n) is 4.38. The van der Waals surface area contributed by atoms with E-state index in [0.29, 0.717) is 10.7 Å². The molecule has 0 aliphatic rings. The van der Waals surface area contributed by atoms with Crippen molar-refractivity contribution < 1.29 is 19.4 Å². The van der Waals surface area contributed by atoms with Crippen molar-refractivity contribution in [1.29, 1.82) is 0 Å². The van der Waals surface area contributed by atoms with Gasteiger partial charge in [0.2, 0.25) is 0 Å². The Labute approximate surface area is 218 Å². The lowest BCUT2D eigenvalue weighted by atomic mass is 10.2. The number of benzene rings is 2. The van der Waals surface area contributed by atoms with Gasteiger partial charge in [0.15, 0.2) is 0 Å². The Morgan fingerprint density at radius 3 is 2.19 bits per heavy atom. The molecule has 0 saturated carbocycles. The molecule has 1 amide bonds. The van der Waals surface area contributed by atoms with Crippen molar-refractivity contribution in [3.05, 3.63) is 89.4 Å². The number of hydrogen-bond donors (Lipinski definition) is 3. The van der Waals surface area contributed by atoms with Crippen LogP contribution in [0.3, 0.4) is 0 Å². The summed E-state index contributed by atoms with van der Waals surface area (Å²) in [4.78, 5) is 17.1. The molecule has 3 rings (SSSR count). The van der Waals surface area contributed by atoms with Crippen molar-refractivity contribution >= 4 is 36.1 Å². The van der Waals surface area contributed by atoms with E-state index in [9.17, 15) is 15.0 Å². The Morgan fingerprint density at radius 1 is 1.17 bits per heavy atom. The number of hydrogen-bond acceptors (Lipinski definition) is 6. The minimum atomic E-state index is -2.79. The second-order valence-electron chi connectivity index (χ2n) is 9.68. The first-order chi connectivity index (χ1) is 17.1. The first-order valence-corrected chi connectivity index (χ1v) is 14.6. The zero-order valence-corrected chi connectivity index (χ0v) is 22.8. The Morgan fingerprint density at radius 2 is 1.72 bits per heavy atom. The molecule has 0 saturated heterocycles. The van der Waals surface area contributed by atoms with Crippen LogP contribution in [0.1, 0.15) is 43.6 Å². The number of thiazole rings is 1. The second-order valence-corrected chi connectivity index (χ2v) is 14.9. The molecule has 1 aromatic heterocycles. The molecule has 7 nitrogen and oxygen atoms in total. The number of amides is 1. The van der Waals surface area contributed by atoms with Crippen molar-refractivity contribution in [1.82, 2.24) is 9.88 Å². The minimum Gasteiger partial charge on any atom is -0.465 e. The van der Waals surface area contributed by atoms with Crippen molar-refractivity contribution in [3.63, 3.8) is 0 Å². The summed E-state index contributed by atoms with van der Waals surface area (Å²) in [6.07, 6.45) is -0.506. The lowest BCUT2D eigenvalue weighted by molar-refractivity contribution is 0.0996. The highest BCUT2D eigenvalue weighted by Gasteiger charge is 2.50. The monoisotopic (exact) mass is 525 g/mol. The first kappa shape index (κ1) is 27.8. The normalized spacial score (nSPS) is 13.7. The van der Waals surface area contributed by atoms with E-state index in [1.165, 1.54) is 22.3 Å². The zero-order valence-electron chi connectivity index (χ0n) is 21.0. The summed E-state index contributed by atoms with van der Waals surface area (Å²) < 4.78 is 6.81. The van der Waals surface area contributed by atoms with Crippen LogP contribution in [0.5, 0.6) is 0 Å². The van der Waals surface area contributed by atoms with Gasteiger partial charge in [0.05, 0.1) is 18.3 Å². The Bertz CT molecular complexity index is 1100. The maximum Gasteiger partial charge on any atom is 0.407 e. The van der Waals surface area contributed by atoms with Crippen LogP contribution in [0, 0.1) is 0 Å². The standard InChI is InChI=1S/C27H35N3O4SSi/c1-5-16-30(26(32)33)17-22(28)25-29-23(19-35-25)24(31)18-34-36(27(2,3)4,20-12-8-6-9-13-20)21-14-10-7-11-15-21/h5-15,19,22,24,31H,1,16-18,28H2,2-4H3,(H,32,33). The topological polar surface area (TPSA) is 109 Å². The van der Waals surface area contributed by atoms with Crippen molar-refractivity contribution in [2.45, 2.75) is 38.0 Å². The molecule has 192 valence electrons. The number of carboxylic acid groups (broad SMARTS) is 1. The van der Waals surface area contributed by atoms with Gasteiger partial charge >= 0.3 is 6.09 Å². The molecular weight excluding hydrogens is 490 g/mol. The van der Waals surface area contributed by atoms with Gasteiger partial charge in [-0.2, -0.15) is 0 Å². The van der Waals surface area contributed by atoms with Gasteiger partial charge in [0, 0.05) is 18.5 Å². The SMILES string of the molecule is C=CCN(CC(N)c1nc(C(O)CO[Si](c2ccccc2)(c2ccccc2)C(C)(C)C)cs1)C(=O)O. The van der Waals surface area contributed by atoms with Gasteiger partial charge in [0.25, 0.3) is 8.32 Å². The minimum absolute atomic E-state index is 0.0728. The lowest BCUT2D eigenvalue weighted by Crippen LogP contribution is -2.66. The van der Waals surface area contributed by atoms with Crippen LogP contribution in [0.4, 0.5) is 4.79 Å². The number of aliphatic hydroxyl groups is 1. The fourth-order valence-corrected chi connectivity index (χ4v) is 9.80. The number of aromatic nitrogens is 1. The molecule has 4 N–H and O–H groups in total. The highest BCUT2D eigenvalue weighted by atomic mass is 32.1. The first-order valence-electron chi connectivity index (χ1n) is 11.8. The molecule has 1 heterocycles. The van der Waals surface area contributed by atoms with Gasteiger partial charge in [-0.25, -0.2) is 9.78 Å². The Balaban J connectivity index is 1.84. The summed E-state index contributed by atoms with van der Waals surface area (Å²) in [7, 11) is -2.79. The molecule has 0 fully saturated rings. The largest absolute Gasteiger partial charge is 0.465 e. The molecule has 36 heavy (non-hydrogen) atoms. The van der Waals surface area contributed by atoms with Crippen LogP contribution in [-0.2, 0) is 4.43 Å². The van der Waals surface area contributed by atoms with Crippen LogP contribution in [0.15, 0.2) is 78.7 Å². The van der Waals surface area contributed by atoms with E-state index in [1.54, 1.807) is 5.38 Å². The van der Waals surface area contributed by atoms with Gasteiger partial charge in [0.1, 0.15) is 11.1 Å². The number of aliphatic hydroxyl groups excluding tert-OH is 1. The molecule has 3 aromatic rings. The maximum atomic E-state index is 11.4. The Hall–Kier alpha value is -2.82. The van der Waals surface area contributed by atoms with Crippen LogP contribution >= 0.6 is 11.3 Å². The van der Waals surface area contributed by atoms with Crippen LogP contribution < -0.4 is 16.1 Å². The molecule has 0 aliphatic heterocycles. The van der Waals surface area contributed by atoms with E-state index < -0.39 is 26.6 Å². The second kappa shape index (κ2) is 11.9. The number of carbonyl (C=O) groups is 1. The van der Waals surface area contributed by atoms with E-state index in [2.05, 4.69) is 56.6 Å². The molecule has 0 aliphatic carbocycles. The van der Waals surface area contributed by atoms with Crippen LogP contribution in [-0.4, -0.2) is 54.2 Å². The van der Waals surface area contributed by atoms with Crippen molar-refractivity contribution in [2.24, 2.45) is 5.73 Å². The smallest absolute Gasteiger partial charge is 0.407 e. The van der Waals surface area contributed by atoms with Gasteiger partial charge in [-0.15, -0.1) is 17.9 Å². The summed E-state index contributed by atoms with van der Waals surface area (Å²) >= 11 is 1.30. The summed E-state index contributed by atoms with van der Waals surface area (Å²) in [6, 6.07) is 19.9. The predicted molar refractivity (Wildman–Crippen MR) is 147 cm³/mol. The molecule has 2 atom stereocenters. The van der Waals surface area contributed by atoms with Crippen molar-refractivity contribution in [3.8, 4) is 0 Å². The van der Waals surface area contributed by atoms with Gasteiger partial charge in [-0.1, -0.05) is 87.5 Å². The zero-order chi connectivity index (χ0) is 26.3. The third kappa shape index (κ3) is 6.11. The predicted octanol–water partition coefficient (Wildman–Crippen LogP) is 3.92. The summed E-state index contributed by atoms with van der Waals surface area (Å²) in [5, 5.41) is 24.8. The number of rotatable bonds is 11. The molecule has 0 spiro atoms. The van der Waals surface area contributed by atoms with E-state index in [1.807, 2.05) is 36.4 Å². The third-order valence-corrected chi connectivity index (χ3v) is 12.1. The van der Waals surface area contributed by atoms with Crippen LogP contribution in [0.2, 0.25) is 5.04 Å². The average Bonchev–Trinajstić information content (AvgIpc) is 3.35. The molecule has 0 bridgehead atoms. The summed E-state index contributed by atoms with van der Waals surface area (Å²) in [6.45, 7) is 10.5. The third-order valence-electron chi connectivity index (χ3n) is 6.11. The van der Waals surface area contributed by atoms with Gasteiger partial charge in [-0.3, -0.25) is 0 Å². The highest BCUT2D eigenvalue weighted by molar-refractivity contribution is 7.09. The quantitative estimate of drug-likeness (QED) is 0.259.